The smallest absolute Gasteiger partial charge is 0.334 e. The number of carbonyl (C=O) groups excluding carboxylic acids is 1. The molecular weight excluding hydrogens is 178 g/mol. The number of ether oxygens (including phenoxy) is 1. The molecule has 0 rings (SSSR count). The van der Waals surface area contributed by atoms with Crippen LogP contribution in [0.2, 0.25) is 0 Å². The minimum Gasteiger partial charge on any atom is -0.443 e. The third-order valence-corrected chi connectivity index (χ3v) is 1.35. The Bertz CT molecular complexity index is 168. The van der Waals surface area contributed by atoms with Crippen molar-refractivity contribution in [1.29, 1.82) is 0 Å². The lowest BCUT2D eigenvalue weighted by Crippen LogP contribution is -2.30. The van der Waals surface area contributed by atoms with Gasteiger partial charge in [-0.3, -0.25) is 4.90 Å². The molecule has 0 saturated carbocycles. The molecule has 0 radical (unpaired) electrons. The quantitative estimate of drug-likeness (QED) is 0.386. The summed E-state index contributed by atoms with van der Waals surface area (Å²) in [5, 5.41) is 0. The monoisotopic (exact) mass is 193 g/mol. The number of carbonyl (C=O) groups is 1. The van der Waals surface area contributed by atoms with Gasteiger partial charge in [-0.1, -0.05) is 6.58 Å². The molecule has 0 aliphatic heterocycles. The molecule has 0 aromatic carbocycles. The van der Waals surface area contributed by atoms with Crippen molar-refractivity contribution in [3.05, 3.63) is 12.2 Å². The minimum atomic E-state index is -0.341. The van der Waals surface area contributed by atoms with E-state index < -0.39 is 0 Å². The first-order valence-electron chi connectivity index (χ1n) is 3.48. The van der Waals surface area contributed by atoms with E-state index in [-0.39, 0.29) is 24.6 Å². The van der Waals surface area contributed by atoms with Crippen molar-refractivity contribution < 1.29 is 9.53 Å². The highest BCUT2D eigenvalue weighted by molar-refractivity contribution is 5.87. The zero-order valence-corrected chi connectivity index (χ0v) is 8.77. The molecular formula is C8H16ClNO2. The fourth-order valence-corrected chi connectivity index (χ4v) is 0.361. The highest BCUT2D eigenvalue weighted by Crippen LogP contribution is 1.99. The van der Waals surface area contributed by atoms with Gasteiger partial charge in [-0.25, -0.2) is 4.79 Å². The molecule has 0 fully saturated rings. The molecule has 0 aliphatic rings. The Morgan fingerprint density at radius 1 is 1.50 bits per heavy atom. The zero-order valence-electron chi connectivity index (χ0n) is 7.96. The molecule has 72 valence electrons. The van der Waals surface area contributed by atoms with Crippen LogP contribution in [0, 0.1) is 0 Å². The van der Waals surface area contributed by atoms with Gasteiger partial charge in [-0.2, -0.15) is 0 Å². The number of halogens is 1. The molecule has 0 heterocycles. The molecule has 1 unspecified atom stereocenters. The van der Waals surface area contributed by atoms with Gasteiger partial charge in [-0.15, -0.1) is 12.4 Å². The first-order chi connectivity index (χ1) is 4.95. The predicted molar refractivity (Wildman–Crippen MR) is 51.3 cm³/mol. The van der Waals surface area contributed by atoms with Gasteiger partial charge in [-0.05, 0) is 27.9 Å². The standard InChI is InChI=1S/C8H15NO2.ClH/c1-6(2)8(10)11-7(3)9(4)5;/h7H,1H2,2-5H3;1H. The van der Waals surface area contributed by atoms with Crippen LogP contribution in [0.25, 0.3) is 0 Å². The van der Waals surface area contributed by atoms with Crippen molar-refractivity contribution in [3.63, 3.8) is 0 Å². The topological polar surface area (TPSA) is 29.5 Å². The fraction of sp³-hybridized carbons (Fsp3) is 0.625. The summed E-state index contributed by atoms with van der Waals surface area (Å²) in [7, 11) is 3.69. The first kappa shape index (κ1) is 14.0. The number of hydrogen-bond acceptors (Lipinski definition) is 3. The van der Waals surface area contributed by atoms with Crippen molar-refractivity contribution in [3.8, 4) is 0 Å². The highest BCUT2D eigenvalue weighted by atomic mass is 35.5. The average molecular weight is 194 g/mol. The summed E-state index contributed by atoms with van der Waals surface area (Å²) >= 11 is 0. The molecule has 4 heteroatoms. The Kier molecular flexibility index (Phi) is 7.04. The maximum atomic E-state index is 10.9. The lowest BCUT2D eigenvalue weighted by Gasteiger charge is -2.19. The van der Waals surface area contributed by atoms with E-state index in [0.29, 0.717) is 5.57 Å². The van der Waals surface area contributed by atoms with Gasteiger partial charge in [0.1, 0.15) is 0 Å². The van der Waals surface area contributed by atoms with Crippen LogP contribution in [0.3, 0.4) is 0 Å². The van der Waals surface area contributed by atoms with Crippen LogP contribution < -0.4 is 0 Å². The Morgan fingerprint density at radius 3 is 2.17 bits per heavy atom. The third kappa shape index (κ3) is 5.16. The molecule has 3 nitrogen and oxygen atoms in total. The summed E-state index contributed by atoms with van der Waals surface area (Å²) in [4.78, 5) is 12.7. The maximum absolute atomic E-state index is 10.9. The second kappa shape index (κ2) is 6.03. The summed E-state index contributed by atoms with van der Waals surface area (Å²) in [6.07, 6.45) is -0.195. The second-order valence-electron chi connectivity index (χ2n) is 2.75. The van der Waals surface area contributed by atoms with E-state index in [9.17, 15) is 4.79 Å². The van der Waals surface area contributed by atoms with Crippen LogP contribution in [0.4, 0.5) is 0 Å². The minimum absolute atomic E-state index is 0. The van der Waals surface area contributed by atoms with Crippen LogP contribution in [0.1, 0.15) is 13.8 Å². The Hall–Kier alpha value is -0.540. The molecule has 1 atom stereocenters. The zero-order chi connectivity index (χ0) is 9.02. The Morgan fingerprint density at radius 2 is 1.92 bits per heavy atom. The lowest BCUT2D eigenvalue weighted by atomic mass is 10.4. The van der Waals surface area contributed by atoms with Crippen LogP contribution >= 0.6 is 12.4 Å². The number of esters is 1. The molecule has 0 bridgehead atoms. The largest absolute Gasteiger partial charge is 0.443 e. The summed E-state index contributed by atoms with van der Waals surface area (Å²) in [6, 6.07) is 0. The van der Waals surface area contributed by atoms with E-state index in [1.54, 1.807) is 18.7 Å². The van der Waals surface area contributed by atoms with Gasteiger partial charge in [0.15, 0.2) is 6.23 Å². The Labute approximate surface area is 79.8 Å². The third-order valence-electron chi connectivity index (χ3n) is 1.35. The van der Waals surface area contributed by atoms with Gasteiger partial charge in [0, 0.05) is 5.57 Å². The summed E-state index contributed by atoms with van der Waals surface area (Å²) in [5.74, 6) is -0.341. The normalized spacial score (nSPS) is 11.8. The summed E-state index contributed by atoms with van der Waals surface area (Å²) in [6.45, 7) is 6.91. The van der Waals surface area contributed by atoms with Crippen LogP contribution in [-0.4, -0.2) is 31.2 Å². The van der Waals surface area contributed by atoms with E-state index in [0.717, 1.165) is 0 Å². The Balaban J connectivity index is 0. The van der Waals surface area contributed by atoms with Gasteiger partial charge in [0.2, 0.25) is 0 Å². The summed E-state index contributed by atoms with van der Waals surface area (Å²) < 4.78 is 4.96. The lowest BCUT2D eigenvalue weighted by molar-refractivity contribution is -0.150. The van der Waals surface area contributed by atoms with E-state index in [1.807, 2.05) is 14.1 Å². The number of nitrogens with zero attached hydrogens (tertiary/aromatic N) is 1. The van der Waals surface area contributed by atoms with Gasteiger partial charge in [0.25, 0.3) is 0 Å². The van der Waals surface area contributed by atoms with Crippen LogP contribution in [-0.2, 0) is 9.53 Å². The average Bonchev–Trinajstić information content (AvgIpc) is 1.87. The van der Waals surface area contributed by atoms with Crippen LogP contribution in [0.15, 0.2) is 12.2 Å². The molecule has 0 aliphatic carbocycles. The van der Waals surface area contributed by atoms with Crippen molar-refractivity contribution in [2.75, 3.05) is 14.1 Å². The molecule has 0 saturated heterocycles. The second-order valence-corrected chi connectivity index (χ2v) is 2.75. The summed E-state index contributed by atoms with van der Waals surface area (Å²) in [5.41, 5.74) is 0.429. The van der Waals surface area contributed by atoms with Crippen molar-refractivity contribution in [2.45, 2.75) is 20.1 Å². The number of hydrogen-bond donors (Lipinski definition) is 0. The van der Waals surface area contributed by atoms with E-state index in [1.165, 1.54) is 0 Å². The fourth-order valence-electron chi connectivity index (χ4n) is 0.361. The first-order valence-corrected chi connectivity index (χ1v) is 3.48. The maximum Gasteiger partial charge on any atom is 0.334 e. The molecule has 0 amide bonds. The molecule has 12 heavy (non-hydrogen) atoms. The van der Waals surface area contributed by atoms with E-state index in [4.69, 9.17) is 4.74 Å². The van der Waals surface area contributed by atoms with E-state index >= 15 is 0 Å². The van der Waals surface area contributed by atoms with Crippen molar-refractivity contribution >= 4 is 18.4 Å². The molecule has 0 N–H and O–H groups in total. The van der Waals surface area contributed by atoms with Crippen molar-refractivity contribution in [1.82, 2.24) is 4.90 Å². The van der Waals surface area contributed by atoms with E-state index in [2.05, 4.69) is 6.58 Å². The van der Waals surface area contributed by atoms with Crippen molar-refractivity contribution in [2.24, 2.45) is 0 Å². The number of rotatable bonds is 3. The van der Waals surface area contributed by atoms with Gasteiger partial charge < -0.3 is 4.74 Å². The van der Waals surface area contributed by atoms with Gasteiger partial charge in [0.05, 0.1) is 0 Å². The van der Waals surface area contributed by atoms with Crippen LogP contribution in [0.5, 0.6) is 0 Å². The highest BCUT2D eigenvalue weighted by Gasteiger charge is 2.10. The molecule has 0 aromatic heterocycles. The predicted octanol–water partition coefficient (Wildman–Crippen LogP) is 1.44. The molecule has 0 aromatic rings. The SMILES string of the molecule is C=C(C)C(=O)OC(C)N(C)C.Cl. The van der Waals surface area contributed by atoms with Gasteiger partial charge >= 0.3 is 5.97 Å². The molecule has 0 spiro atoms.